The molecule has 0 aliphatic heterocycles. The summed E-state index contributed by atoms with van der Waals surface area (Å²) < 4.78 is 2.62. The summed E-state index contributed by atoms with van der Waals surface area (Å²) in [7, 11) is 0. The van der Waals surface area contributed by atoms with Crippen LogP contribution in [0.1, 0.15) is 44.1 Å². The first kappa shape index (κ1) is 12.1. The summed E-state index contributed by atoms with van der Waals surface area (Å²) in [6.45, 7) is 4.40. The summed E-state index contributed by atoms with van der Waals surface area (Å²) in [6, 6.07) is 4.29. The molecule has 0 amide bonds. The van der Waals surface area contributed by atoms with Crippen molar-refractivity contribution in [2.24, 2.45) is 5.92 Å². The van der Waals surface area contributed by atoms with Gasteiger partial charge in [-0.1, -0.05) is 26.7 Å². The lowest BCUT2D eigenvalue weighted by Crippen LogP contribution is -2.04. The van der Waals surface area contributed by atoms with Crippen molar-refractivity contribution in [2.45, 2.75) is 39.2 Å². The van der Waals surface area contributed by atoms with Crippen LogP contribution in [0.5, 0.6) is 0 Å². The van der Waals surface area contributed by atoms with Gasteiger partial charge in [0.1, 0.15) is 0 Å². The largest absolute Gasteiger partial charge is 0.388 e. The first-order chi connectivity index (χ1) is 7.74. The summed E-state index contributed by atoms with van der Waals surface area (Å²) in [5.41, 5.74) is 0. The van der Waals surface area contributed by atoms with Gasteiger partial charge in [0.05, 0.1) is 6.10 Å². The Morgan fingerprint density at radius 2 is 2.00 bits per heavy atom. The van der Waals surface area contributed by atoms with Gasteiger partial charge in [0.25, 0.3) is 0 Å². The van der Waals surface area contributed by atoms with Crippen molar-refractivity contribution in [3.05, 3.63) is 22.4 Å². The molecular formula is C13H18OS2. The average Bonchev–Trinajstić information content (AvgIpc) is 2.85. The smallest absolute Gasteiger partial charge is 0.0885 e. The second-order valence-corrected chi connectivity index (χ2v) is 6.29. The third-order valence-corrected chi connectivity index (χ3v) is 5.39. The van der Waals surface area contributed by atoms with Gasteiger partial charge in [-0.05, 0) is 29.9 Å². The molecule has 0 spiro atoms. The van der Waals surface area contributed by atoms with Gasteiger partial charge in [-0.15, -0.1) is 22.7 Å². The summed E-state index contributed by atoms with van der Waals surface area (Å²) in [5.74, 6) is 0.648. The maximum atomic E-state index is 10.2. The van der Waals surface area contributed by atoms with Crippen LogP contribution in [-0.4, -0.2) is 5.11 Å². The van der Waals surface area contributed by atoms with E-state index in [9.17, 15) is 5.11 Å². The molecule has 2 heterocycles. The molecule has 1 atom stereocenters. The van der Waals surface area contributed by atoms with Gasteiger partial charge in [0.2, 0.25) is 0 Å². The zero-order valence-corrected chi connectivity index (χ0v) is 11.4. The van der Waals surface area contributed by atoms with E-state index in [4.69, 9.17) is 0 Å². The maximum absolute atomic E-state index is 10.2. The van der Waals surface area contributed by atoms with Crippen molar-refractivity contribution in [1.29, 1.82) is 0 Å². The van der Waals surface area contributed by atoms with Gasteiger partial charge in [-0.3, -0.25) is 0 Å². The van der Waals surface area contributed by atoms with Crippen molar-refractivity contribution in [1.82, 2.24) is 0 Å². The van der Waals surface area contributed by atoms with E-state index in [0.717, 1.165) is 24.1 Å². The van der Waals surface area contributed by atoms with Gasteiger partial charge in [-0.25, -0.2) is 0 Å². The molecule has 0 aromatic carbocycles. The van der Waals surface area contributed by atoms with Crippen molar-refractivity contribution in [2.75, 3.05) is 0 Å². The molecule has 3 heteroatoms. The molecule has 2 aromatic rings. The SMILES string of the molecule is CCC(CC)CC(O)c1cc2sccc2s1. The van der Waals surface area contributed by atoms with Crippen molar-refractivity contribution in [3.8, 4) is 0 Å². The standard InChI is InChI=1S/C13H18OS2/c1-3-9(4-2)7-10(14)12-8-13-11(16-12)5-6-15-13/h5-6,8-10,14H,3-4,7H2,1-2H3. The summed E-state index contributed by atoms with van der Waals surface area (Å²) in [4.78, 5) is 1.13. The van der Waals surface area contributed by atoms with Crippen LogP contribution in [-0.2, 0) is 0 Å². The van der Waals surface area contributed by atoms with Gasteiger partial charge in [-0.2, -0.15) is 0 Å². The minimum absolute atomic E-state index is 0.269. The number of rotatable bonds is 5. The topological polar surface area (TPSA) is 20.2 Å². The van der Waals surface area contributed by atoms with Crippen molar-refractivity contribution < 1.29 is 5.11 Å². The zero-order chi connectivity index (χ0) is 11.5. The van der Waals surface area contributed by atoms with Crippen LogP contribution in [0.3, 0.4) is 0 Å². The zero-order valence-electron chi connectivity index (χ0n) is 9.77. The fourth-order valence-corrected chi connectivity index (χ4v) is 4.12. The van der Waals surface area contributed by atoms with E-state index < -0.39 is 0 Å². The normalized spacial score (nSPS) is 13.8. The molecule has 0 saturated heterocycles. The molecule has 0 saturated carbocycles. The summed E-state index contributed by atoms with van der Waals surface area (Å²) in [6.07, 6.45) is 2.95. The quantitative estimate of drug-likeness (QED) is 0.811. The van der Waals surface area contributed by atoms with Crippen molar-refractivity contribution >= 4 is 32.1 Å². The van der Waals surface area contributed by atoms with Crippen molar-refractivity contribution in [3.63, 3.8) is 0 Å². The molecule has 88 valence electrons. The van der Waals surface area contributed by atoms with Gasteiger partial charge in [0.15, 0.2) is 0 Å². The number of aliphatic hydroxyl groups is 1. The predicted octanol–water partition coefficient (Wildman–Crippen LogP) is 4.82. The molecule has 16 heavy (non-hydrogen) atoms. The molecule has 1 N–H and O–H groups in total. The van der Waals surface area contributed by atoms with Gasteiger partial charge >= 0.3 is 0 Å². The first-order valence-electron chi connectivity index (χ1n) is 5.89. The Labute approximate surface area is 105 Å². The number of aliphatic hydroxyl groups excluding tert-OH is 1. The minimum Gasteiger partial charge on any atom is -0.388 e. The van der Waals surface area contributed by atoms with Gasteiger partial charge in [0, 0.05) is 14.3 Å². The van der Waals surface area contributed by atoms with E-state index in [1.807, 2.05) is 0 Å². The lowest BCUT2D eigenvalue weighted by Gasteiger charge is -2.15. The number of thiophene rings is 2. The lowest BCUT2D eigenvalue weighted by atomic mass is 9.95. The average molecular weight is 254 g/mol. The summed E-state index contributed by atoms with van der Waals surface area (Å²) >= 11 is 3.49. The van der Waals surface area contributed by atoms with E-state index in [1.165, 1.54) is 9.40 Å². The Morgan fingerprint density at radius 3 is 2.62 bits per heavy atom. The Bertz CT molecular complexity index is 411. The molecule has 0 bridgehead atoms. The molecule has 0 radical (unpaired) electrons. The van der Waals surface area contributed by atoms with Gasteiger partial charge < -0.3 is 5.11 Å². The van der Waals surface area contributed by atoms with Crippen LogP contribution in [0.2, 0.25) is 0 Å². The van der Waals surface area contributed by atoms with E-state index in [0.29, 0.717) is 5.92 Å². The highest BCUT2D eigenvalue weighted by atomic mass is 32.1. The molecule has 1 unspecified atom stereocenters. The number of hydrogen-bond acceptors (Lipinski definition) is 3. The third kappa shape index (κ3) is 2.47. The highest BCUT2D eigenvalue weighted by Crippen LogP contribution is 2.36. The molecule has 1 nitrogen and oxygen atoms in total. The van der Waals surface area contributed by atoms with E-state index in [1.54, 1.807) is 22.7 Å². The highest BCUT2D eigenvalue weighted by Gasteiger charge is 2.16. The van der Waals surface area contributed by atoms with Crippen LogP contribution in [0.25, 0.3) is 9.40 Å². The predicted molar refractivity (Wildman–Crippen MR) is 73.4 cm³/mol. The molecule has 2 aromatic heterocycles. The second kappa shape index (κ2) is 5.30. The Balaban J connectivity index is 2.09. The minimum atomic E-state index is -0.269. The third-order valence-electron chi connectivity index (χ3n) is 3.20. The molecular weight excluding hydrogens is 236 g/mol. The molecule has 0 aliphatic carbocycles. The van der Waals surface area contributed by atoms with Crippen LogP contribution < -0.4 is 0 Å². The summed E-state index contributed by atoms with van der Waals surface area (Å²) in [5, 5.41) is 12.3. The van der Waals surface area contributed by atoms with Crippen LogP contribution in [0.15, 0.2) is 17.5 Å². The first-order valence-corrected chi connectivity index (χ1v) is 7.59. The van der Waals surface area contributed by atoms with Crippen LogP contribution in [0, 0.1) is 5.92 Å². The Morgan fingerprint density at radius 1 is 1.25 bits per heavy atom. The van der Waals surface area contributed by atoms with E-state index >= 15 is 0 Å². The fourth-order valence-electron chi connectivity index (χ4n) is 2.00. The molecule has 0 aliphatic rings. The number of fused-ring (bicyclic) bond motifs is 1. The maximum Gasteiger partial charge on any atom is 0.0885 e. The molecule has 2 rings (SSSR count). The number of hydrogen-bond donors (Lipinski definition) is 1. The lowest BCUT2D eigenvalue weighted by molar-refractivity contribution is 0.144. The molecule has 0 fully saturated rings. The Hall–Kier alpha value is -0.380. The van der Waals surface area contributed by atoms with Crippen LogP contribution in [0.4, 0.5) is 0 Å². The Kier molecular flexibility index (Phi) is 4.00. The van der Waals surface area contributed by atoms with Crippen LogP contribution >= 0.6 is 22.7 Å². The van der Waals surface area contributed by atoms with E-state index in [2.05, 4.69) is 31.4 Å². The highest BCUT2D eigenvalue weighted by molar-refractivity contribution is 7.26. The second-order valence-electron chi connectivity index (χ2n) is 4.23. The van der Waals surface area contributed by atoms with E-state index in [-0.39, 0.29) is 6.10 Å². The fraction of sp³-hybridized carbons (Fsp3) is 0.538. The monoisotopic (exact) mass is 254 g/mol.